The van der Waals surface area contributed by atoms with Crippen LogP contribution >= 0.6 is 0 Å². The zero-order valence-electron chi connectivity index (χ0n) is 17.8. The van der Waals surface area contributed by atoms with E-state index in [0.717, 1.165) is 47.3 Å². The Kier molecular flexibility index (Phi) is 5.57. The lowest BCUT2D eigenvalue weighted by atomic mass is 10.2. The molecule has 0 amide bonds. The van der Waals surface area contributed by atoms with Gasteiger partial charge in [0.1, 0.15) is 6.61 Å². The lowest BCUT2D eigenvalue weighted by Gasteiger charge is -2.10. The highest BCUT2D eigenvalue weighted by atomic mass is 16.5. The van der Waals surface area contributed by atoms with E-state index < -0.39 is 0 Å². The Bertz CT molecular complexity index is 1350. The average molecular weight is 425 g/mol. The molecule has 0 aliphatic carbocycles. The second-order valence-corrected chi connectivity index (χ2v) is 7.47. The number of rotatable bonds is 8. The number of nitrogens with one attached hydrogen (secondary N) is 1. The van der Waals surface area contributed by atoms with Crippen molar-refractivity contribution in [2.24, 2.45) is 0 Å². The van der Waals surface area contributed by atoms with Gasteiger partial charge in [-0.15, -0.1) is 0 Å². The topological polar surface area (TPSA) is 90.6 Å². The number of unbranched alkanes of at least 4 members (excludes halogenated alkanes) is 1. The van der Waals surface area contributed by atoms with Crippen LogP contribution in [-0.2, 0) is 13.2 Å². The number of pyridine rings is 2. The Morgan fingerprint density at radius 2 is 1.91 bits per heavy atom. The lowest BCUT2D eigenvalue weighted by molar-refractivity contribution is 0.293. The van der Waals surface area contributed by atoms with E-state index in [2.05, 4.69) is 32.2 Å². The van der Waals surface area contributed by atoms with Crippen LogP contribution in [0.5, 0.6) is 5.88 Å². The summed E-state index contributed by atoms with van der Waals surface area (Å²) in [5, 5.41) is 4.32. The van der Waals surface area contributed by atoms with Crippen LogP contribution in [0, 0.1) is 0 Å². The molecule has 0 radical (unpaired) electrons. The molecule has 0 atom stereocenters. The van der Waals surface area contributed by atoms with E-state index in [4.69, 9.17) is 9.72 Å². The highest BCUT2D eigenvalue weighted by molar-refractivity contribution is 5.83. The third kappa shape index (κ3) is 4.20. The normalized spacial score (nSPS) is 11.2. The minimum Gasteiger partial charge on any atom is -0.469 e. The van der Waals surface area contributed by atoms with Crippen molar-refractivity contribution < 1.29 is 4.74 Å². The molecule has 160 valence electrons. The molecule has 0 aliphatic rings. The number of imidazole rings is 1. The fourth-order valence-electron chi connectivity index (χ4n) is 3.46. The van der Waals surface area contributed by atoms with Crippen molar-refractivity contribution in [1.29, 1.82) is 0 Å². The molecule has 32 heavy (non-hydrogen) atoms. The Morgan fingerprint density at radius 1 is 1.00 bits per heavy atom. The molecule has 0 fully saturated rings. The number of fused-ring (bicyclic) bond motifs is 2. The van der Waals surface area contributed by atoms with Gasteiger partial charge in [0, 0.05) is 18.1 Å². The van der Waals surface area contributed by atoms with E-state index >= 15 is 0 Å². The maximum atomic E-state index is 6.03. The summed E-state index contributed by atoms with van der Waals surface area (Å²) in [6, 6.07) is 15.7. The maximum Gasteiger partial charge on any atom is 0.247 e. The first-order valence-electron chi connectivity index (χ1n) is 10.7. The van der Waals surface area contributed by atoms with Crippen LogP contribution in [0.3, 0.4) is 0 Å². The van der Waals surface area contributed by atoms with Gasteiger partial charge in [-0.25, -0.2) is 4.98 Å². The van der Waals surface area contributed by atoms with Gasteiger partial charge in [-0.3, -0.25) is 9.97 Å². The zero-order valence-corrected chi connectivity index (χ0v) is 17.8. The molecule has 8 heteroatoms. The largest absolute Gasteiger partial charge is 0.469 e. The van der Waals surface area contributed by atoms with Crippen molar-refractivity contribution >= 4 is 33.7 Å². The second kappa shape index (κ2) is 8.97. The van der Waals surface area contributed by atoms with Gasteiger partial charge in [-0.1, -0.05) is 37.6 Å². The number of benzene rings is 1. The van der Waals surface area contributed by atoms with Gasteiger partial charge < -0.3 is 14.6 Å². The van der Waals surface area contributed by atoms with Gasteiger partial charge in [0.05, 0.1) is 29.4 Å². The molecule has 4 heterocycles. The van der Waals surface area contributed by atoms with E-state index in [1.165, 1.54) is 0 Å². The smallest absolute Gasteiger partial charge is 0.247 e. The summed E-state index contributed by atoms with van der Waals surface area (Å²) in [5.74, 6) is 0.857. The first-order valence-corrected chi connectivity index (χ1v) is 10.7. The fourth-order valence-corrected chi connectivity index (χ4v) is 3.46. The summed E-state index contributed by atoms with van der Waals surface area (Å²) in [6.45, 7) is 3.29. The molecule has 1 N–H and O–H groups in total. The van der Waals surface area contributed by atoms with Crippen LogP contribution < -0.4 is 10.1 Å². The van der Waals surface area contributed by atoms with E-state index in [1.54, 1.807) is 18.7 Å². The van der Waals surface area contributed by atoms with Crippen LogP contribution in [0.15, 0.2) is 67.3 Å². The van der Waals surface area contributed by atoms with Gasteiger partial charge in [0.25, 0.3) is 0 Å². The van der Waals surface area contributed by atoms with E-state index in [1.807, 2.05) is 53.1 Å². The number of aromatic nitrogens is 6. The summed E-state index contributed by atoms with van der Waals surface area (Å²) in [5.41, 5.74) is 3.93. The fraction of sp³-hybridized carbons (Fsp3) is 0.208. The molecule has 1 aromatic carbocycles. The Morgan fingerprint density at radius 3 is 2.78 bits per heavy atom. The molecule has 0 aliphatic heterocycles. The highest BCUT2D eigenvalue weighted by Gasteiger charge is 2.15. The number of ether oxygens (including phenoxy) is 1. The van der Waals surface area contributed by atoms with E-state index in [-0.39, 0.29) is 0 Å². The molecule has 0 unspecified atom stereocenters. The minimum atomic E-state index is 0.297. The van der Waals surface area contributed by atoms with Crippen molar-refractivity contribution in [3.63, 3.8) is 0 Å². The van der Waals surface area contributed by atoms with Crippen LogP contribution in [0.4, 0.5) is 11.6 Å². The first kappa shape index (κ1) is 19.9. The third-order valence-corrected chi connectivity index (χ3v) is 5.11. The number of hydrogen-bond acceptors (Lipinski definition) is 7. The molecular formula is C24H23N7O. The quantitative estimate of drug-likeness (QED) is 0.378. The standard InChI is InChI=1S/C24H23N7O/c1-2-3-12-31-16-27-21-22(31)29-24(30-23(21)32-15-18-9-6-7-11-25-18)28-19-13-17-8-4-5-10-20(17)26-14-19/h4-11,13-14,16H,2-3,12,15H2,1H3,(H,28,29,30). The minimum absolute atomic E-state index is 0.297. The number of anilines is 2. The average Bonchev–Trinajstić information content (AvgIpc) is 3.24. The number of nitrogens with zero attached hydrogens (tertiary/aromatic N) is 6. The van der Waals surface area contributed by atoms with Crippen molar-refractivity contribution in [1.82, 2.24) is 29.5 Å². The molecule has 0 bridgehead atoms. The van der Waals surface area contributed by atoms with Crippen molar-refractivity contribution in [3.05, 3.63) is 72.9 Å². The molecule has 4 aromatic heterocycles. The maximum absolute atomic E-state index is 6.03. The van der Waals surface area contributed by atoms with Crippen LogP contribution in [0.1, 0.15) is 25.5 Å². The van der Waals surface area contributed by atoms with Gasteiger partial charge in [0.2, 0.25) is 11.8 Å². The predicted molar refractivity (Wildman–Crippen MR) is 124 cm³/mol. The van der Waals surface area contributed by atoms with Gasteiger partial charge in [0.15, 0.2) is 11.2 Å². The molecular weight excluding hydrogens is 402 g/mol. The summed E-state index contributed by atoms with van der Waals surface area (Å²) in [4.78, 5) is 22.7. The molecule has 8 nitrogen and oxygen atoms in total. The van der Waals surface area contributed by atoms with Crippen LogP contribution in [-0.4, -0.2) is 29.5 Å². The van der Waals surface area contributed by atoms with Crippen LogP contribution in [0.2, 0.25) is 0 Å². The molecule has 5 aromatic rings. The summed E-state index contributed by atoms with van der Waals surface area (Å²) >= 11 is 0. The van der Waals surface area contributed by atoms with E-state index in [9.17, 15) is 0 Å². The highest BCUT2D eigenvalue weighted by Crippen LogP contribution is 2.26. The third-order valence-electron chi connectivity index (χ3n) is 5.11. The molecule has 0 saturated heterocycles. The van der Waals surface area contributed by atoms with Gasteiger partial charge in [-0.05, 0) is 30.7 Å². The summed E-state index contributed by atoms with van der Waals surface area (Å²) < 4.78 is 8.07. The first-order chi connectivity index (χ1) is 15.8. The molecule has 0 spiro atoms. The Hall–Kier alpha value is -4.07. The summed E-state index contributed by atoms with van der Waals surface area (Å²) in [6.07, 6.45) is 7.44. The van der Waals surface area contributed by atoms with Gasteiger partial charge in [-0.2, -0.15) is 9.97 Å². The van der Waals surface area contributed by atoms with Gasteiger partial charge >= 0.3 is 0 Å². The lowest BCUT2D eigenvalue weighted by Crippen LogP contribution is -2.05. The Labute approximate surface area is 185 Å². The van der Waals surface area contributed by atoms with Crippen molar-refractivity contribution in [2.75, 3.05) is 5.32 Å². The molecule has 0 saturated carbocycles. The predicted octanol–water partition coefficient (Wildman–Crippen LogP) is 4.89. The number of aryl methyl sites for hydroxylation is 1. The summed E-state index contributed by atoms with van der Waals surface area (Å²) in [7, 11) is 0. The van der Waals surface area contributed by atoms with Crippen molar-refractivity contribution in [2.45, 2.75) is 32.9 Å². The monoisotopic (exact) mass is 425 g/mol. The zero-order chi connectivity index (χ0) is 21.8. The molecule has 5 rings (SSSR count). The number of para-hydroxylation sites is 1. The van der Waals surface area contributed by atoms with Crippen molar-refractivity contribution in [3.8, 4) is 5.88 Å². The van der Waals surface area contributed by atoms with E-state index in [0.29, 0.717) is 24.0 Å². The Balaban J connectivity index is 1.50. The van der Waals surface area contributed by atoms with Crippen LogP contribution in [0.25, 0.3) is 22.1 Å². The second-order valence-electron chi connectivity index (χ2n) is 7.47. The number of hydrogen-bond donors (Lipinski definition) is 1. The SMILES string of the molecule is CCCCn1cnc2c(OCc3ccccn3)nc(Nc3cnc4ccccc4c3)nc21.